The molecular formula is C11H13ClN6O2S. The molecule has 0 aromatic carbocycles. The summed E-state index contributed by atoms with van der Waals surface area (Å²) >= 11 is 10.7. The van der Waals surface area contributed by atoms with Gasteiger partial charge in [0.2, 0.25) is 5.88 Å². The number of hydrogen-bond acceptors (Lipinski definition) is 6. The van der Waals surface area contributed by atoms with Gasteiger partial charge in [-0.3, -0.25) is 14.9 Å². The van der Waals surface area contributed by atoms with E-state index in [2.05, 4.69) is 25.5 Å². The minimum Gasteiger partial charge on any atom is -0.466 e. The van der Waals surface area contributed by atoms with E-state index in [1.165, 1.54) is 12.4 Å². The molecule has 0 saturated carbocycles. The molecule has 0 unspecified atom stereocenters. The van der Waals surface area contributed by atoms with Gasteiger partial charge in [0.25, 0.3) is 5.91 Å². The van der Waals surface area contributed by atoms with Crippen LogP contribution in [-0.4, -0.2) is 37.2 Å². The fourth-order valence-corrected chi connectivity index (χ4v) is 1.99. The first-order valence-corrected chi connectivity index (χ1v) is 6.90. The third-order valence-electron chi connectivity index (χ3n) is 2.53. The number of nitrogens with zero attached hydrogens (tertiary/aromatic N) is 4. The predicted molar refractivity (Wildman–Crippen MR) is 77.5 cm³/mol. The van der Waals surface area contributed by atoms with Gasteiger partial charge in [0.1, 0.15) is 0 Å². The molecule has 0 fully saturated rings. The molecule has 2 heterocycles. The number of rotatable bonds is 6. The zero-order chi connectivity index (χ0) is 15.2. The molecule has 1 amide bonds. The summed E-state index contributed by atoms with van der Waals surface area (Å²) in [6.07, 6.45) is 2.75. The Morgan fingerprint density at radius 2 is 2.38 bits per heavy atom. The van der Waals surface area contributed by atoms with Gasteiger partial charge in [-0.2, -0.15) is 10.1 Å². The summed E-state index contributed by atoms with van der Waals surface area (Å²) in [7, 11) is 0. The topological polar surface area (TPSA) is 97.7 Å². The summed E-state index contributed by atoms with van der Waals surface area (Å²) in [5.74, 6) is 0.528. The van der Waals surface area contributed by atoms with Crippen molar-refractivity contribution in [1.82, 2.24) is 30.0 Å². The molecule has 112 valence electrons. The summed E-state index contributed by atoms with van der Waals surface area (Å²) < 4.78 is 7.48. The van der Waals surface area contributed by atoms with E-state index in [-0.39, 0.29) is 30.1 Å². The zero-order valence-corrected chi connectivity index (χ0v) is 12.7. The normalized spacial score (nSPS) is 10.4. The molecule has 0 bridgehead atoms. The van der Waals surface area contributed by atoms with E-state index in [0.717, 1.165) is 0 Å². The van der Waals surface area contributed by atoms with Crippen LogP contribution in [0.1, 0.15) is 12.7 Å². The second-order valence-corrected chi connectivity index (χ2v) is 4.71. The smallest absolute Gasteiger partial charge is 0.258 e. The van der Waals surface area contributed by atoms with Crippen molar-refractivity contribution in [1.29, 1.82) is 0 Å². The molecule has 10 heteroatoms. The van der Waals surface area contributed by atoms with Crippen molar-refractivity contribution in [3.63, 3.8) is 0 Å². The Morgan fingerprint density at radius 3 is 3.10 bits per heavy atom. The van der Waals surface area contributed by atoms with Gasteiger partial charge in [0.15, 0.2) is 22.4 Å². The third-order valence-corrected chi connectivity index (χ3v) is 3.03. The average Bonchev–Trinajstić information content (AvgIpc) is 2.83. The first-order valence-electron chi connectivity index (χ1n) is 6.11. The number of ether oxygens (including phenoxy) is 1. The maximum absolute atomic E-state index is 11.7. The van der Waals surface area contributed by atoms with Crippen LogP contribution in [0.2, 0.25) is 5.15 Å². The van der Waals surface area contributed by atoms with Crippen molar-refractivity contribution >= 4 is 29.7 Å². The van der Waals surface area contributed by atoms with Crippen LogP contribution in [0.3, 0.4) is 0 Å². The van der Waals surface area contributed by atoms with Crippen LogP contribution in [0.25, 0.3) is 0 Å². The van der Waals surface area contributed by atoms with E-state index in [0.29, 0.717) is 17.1 Å². The number of carbonyl (C=O) groups excluding carboxylic acids is 1. The van der Waals surface area contributed by atoms with Crippen molar-refractivity contribution < 1.29 is 9.53 Å². The van der Waals surface area contributed by atoms with Gasteiger partial charge < -0.3 is 14.6 Å². The number of hydrogen-bond donors (Lipinski definition) is 2. The summed E-state index contributed by atoms with van der Waals surface area (Å²) in [5.41, 5.74) is 0. The number of H-pyrrole nitrogens is 1. The first kappa shape index (κ1) is 15.4. The quantitative estimate of drug-likeness (QED) is 0.771. The van der Waals surface area contributed by atoms with Crippen LogP contribution >= 0.6 is 23.8 Å². The Kier molecular flexibility index (Phi) is 5.23. The Labute approximate surface area is 130 Å². The maximum atomic E-state index is 11.7. The van der Waals surface area contributed by atoms with E-state index in [1.807, 2.05) is 6.92 Å². The molecule has 2 rings (SSSR count). The number of amides is 1. The summed E-state index contributed by atoms with van der Waals surface area (Å²) in [4.78, 5) is 19.4. The molecule has 0 aliphatic rings. The van der Waals surface area contributed by atoms with Crippen LogP contribution < -0.4 is 10.1 Å². The van der Waals surface area contributed by atoms with Gasteiger partial charge in [0, 0.05) is 6.54 Å². The van der Waals surface area contributed by atoms with Gasteiger partial charge in [-0.05, 0) is 19.1 Å². The minimum absolute atomic E-state index is 0.188. The summed E-state index contributed by atoms with van der Waals surface area (Å²) in [5, 5.41) is 9.59. The van der Waals surface area contributed by atoms with Gasteiger partial charge >= 0.3 is 0 Å². The van der Waals surface area contributed by atoms with Crippen LogP contribution in [0.5, 0.6) is 5.88 Å². The van der Waals surface area contributed by atoms with E-state index in [4.69, 9.17) is 28.6 Å². The van der Waals surface area contributed by atoms with Crippen LogP contribution in [-0.2, 0) is 17.9 Å². The van der Waals surface area contributed by atoms with E-state index < -0.39 is 0 Å². The highest BCUT2D eigenvalue weighted by Crippen LogP contribution is 2.08. The Bertz CT molecular complexity index is 685. The maximum Gasteiger partial charge on any atom is 0.258 e. The average molecular weight is 329 g/mol. The number of nitrogens with one attached hydrogen (secondary N) is 2. The fourth-order valence-electron chi connectivity index (χ4n) is 1.57. The summed E-state index contributed by atoms with van der Waals surface area (Å²) in [6.45, 7) is 2.68. The monoisotopic (exact) mass is 328 g/mol. The number of carbonyl (C=O) groups is 1. The van der Waals surface area contributed by atoms with Gasteiger partial charge in [-0.15, -0.1) is 0 Å². The molecule has 0 spiro atoms. The van der Waals surface area contributed by atoms with Crippen molar-refractivity contribution in [2.45, 2.75) is 20.0 Å². The second kappa shape index (κ2) is 7.14. The molecule has 0 atom stereocenters. The molecule has 2 N–H and O–H groups in total. The van der Waals surface area contributed by atoms with Crippen LogP contribution in [0.15, 0.2) is 12.4 Å². The highest BCUT2D eigenvalue weighted by Gasteiger charge is 2.08. The lowest BCUT2D eigenvalue weighted by Gasteiger charge is -2.07. The SMILES string of the molecule is CCn1c(CNC(=O)COc2cncc(Cl)n2)n[nH]c1=S. The van der Waals surface area contributed by atoms with Crippen molar-refractivity contribution in [3.8, 4) is 5.88 Å². The van der Waals surface area contributed by atoms with E-state index >= 15 is 0 Å². The first-order chi connectivity index (χ1) is 10.1. The van der Waals surface area contributed by atoms with Gasteiger partial charge in [-0.1, -0.05) is 11.6 Å². The lowest BCUT2D eigenvalue weighted by Crippen LogP contribution is -2.29. The van der Waals surface area contributed by atoms with E-state index in [9.17, 15) is 4.79 Å². The Balaban J connectivity index is 1.83. The van der Waals surface area contributed by atoms with E-state index in [1.54, 1.807) is 4.57 Å². The highest BCUT2D eigenvalue weighted by atomic mass is 35.5. The lowest BCUT2D eigenvalue weighted by atomic mass is 10.5. The van der Waals surface area contributed by atoms with Gasteiger partial charge in [-0.25, -0.2) is 0 Å². The molecule has 8 nitrogen and oxygen atoms in total. The van der Waals surface area contributed by atoms with Crippen molar-refractivity contribution in [2.75, 3.05) is 6.61 Å². The molecule has 21 heavy (non-hydrogen) atoms. The molecule has 0 aliphatic carbocycles. The number of halogens is 1. The van der Waals surface area contributed by atoms with Crippen molar-refractivity contribution in [3.05, 3.63) is 28.1 Å². The second-order valence-electron chi connectivity index (χ2n) is 3.93. The minimum atomic E-state index is -0.312. The molecule has 2 aromatic heterocycles. The Hall–Kier alpha value is -2.00. The standard InChI is InChI=1S/C11H13ClN6O2S/c1-2-18-8(16-17-11(18)21)4-14-9(19)6-20-10-5-13-3-7(12)15-10/h3,5H,2,4,6H2,1H3,(H,14,19)(H,17,21). The van der Waals surface area contributed by atoms with Crippen molar-refractivity contribution in [2.24, 2.45) is 0 Å². The third kappa shape index (κ3) is 4.23. The predicted octanol–water partition coefficient (Wildman–Crippen LogP) is 1.10. The fraction of sp³-hybridized carbons (Fsp3) is 0.364. The zero-order valence-electron chi connectivity index (χ0n) is 11.2. The molecule has 0 saturated heterocycles. The Morgan fingerprint density at radius 1 is 1.57 bits per heavy atom. The molecular weight excluding hydrogens is 316 g/mol. The highest BCUT2D eigenvalue weighted by molar-refractivity contribution is 7.71. The van der Waals surface area contributed by atoms with Crippen LogP contribution in [0, 0.1) is 4.77 Å². The molecule has 2 aromatic rings. The molecule has 0 radical (unpaired) electrons. The molecule has 0 aliphatic heterocycles. The van der Waals surface area contributed by atoms with Crippen LogP contribution in [0.4, 0.5) is 0 Å². The number of aromatic nitrogens is 5. The summed E-state index contributed by atoms with van der Waals surface area (Å²) in [6, 6.07) is 0. The largest absolute Gasteiger partial charge is 0.466 e. The number of aromatic amines is 1. The lowest BCUT2D eigenvalue weighted by molar-refractivity contribution is -0.123. The van der Waals surface area contributed by atoms with Gasteiger partial charge in [0.05, 0.1) is 18.9 Å².